The molecular weight excluding hydrogens is 438 g/mol. The topological polar surface area (TPSA) is 61.6 Å². The van der Waals surface area contributed by atoms with Crippen molar-refractivity contribution in [3.63, 3.8) is 0 Å². The molecule has 0 radical (unpaired) electrons. The van der Waals surface area contributed by atoms with Gasteiger partial charge in [-0.15, -0.1) is 24.0 Å². The van der Waals surface area contributed by atoms with E-state index in [-0.39, 0.29) is 24.0 Å². The third kappa shape index (κ3) is 5.76. The van der Waals surface area contributed by atoms with Crippen LogP contribution in [0, 0.1) is 0 Å². The van der Waals surface area contributed by atoms with E-state index < -0.39 is 12.2 Å². The summed E-state index contributed by atoms with van der Waals surface area (Å²) in [7, 11) is 1.67. The van der Waals surface area contributed by atoms with Crippen LogP contribution in [-0.4, -0.2) is 82.5 Å². The SMILES string of the molecule is CN=C(NCCn1cncn1)N1CCN(C(C)C(F)(F)F)CC1.I. The first-order chi connectivity index (χ1) is 10.9. The lowest BCUT2D eigenvalue weighted by Crippen LogP contribution is -2.56. The summed E-state index contributed by atoms with van der Waals surface area (Å²) in [4.78, 5) is 11.5. The second-order valence-corrected chi connectivity index (χ2v) is 5.37. The molecule has 7 nitrogen and oxygen atoms in total. The van der Waals surface area contributed by atoms with Crippen molar-refractivity contribution in [3.8, 4) is 0 Å². The third-order valence-corrected chi connectivity index (χ3v) is 3.94. The van der Waals surface area contributed by atoms with E-state index in [1.54, 1.807) is 18.1 Å². The van der Waals surface area contributed by atoms with Gasteiger partial charge in [0.1, 0.15) is 18.7 Å². The van der Waals surface area contributed by atoms with Crippen molar-refractivity contribution < 1.29 is 13.2 Å². The molecule has 0 amide bonds. The molecule has 24 heavy (non-hydrogen) atoms. The monoisotopic (exact) mass is 461 g/mol. The number of nitrogens with one attached hydrogen (secondary N) is 1. The van der Waals surface area contributed by atoms with Crippen LogP contribution in [0.25, 0.3) is 0 Å². The summed E-state index contributed by atoms with van der Waals surface area (Å²) in [5.41, 5.74) is 0. The van der Waals surface area contributed by atoms with Crippen LogP contribution in [0.1, 0.15) is 6.92 Å². The number of nitrogens with zero attached hydrogens (tertiary/aromatic N) is 6. The summed E-state index contributed by atoms with van der Waals surface area (Å²) >= 11 is 0. The number of guanidine groups is 1. The van der Waals surface area contributed by atoms with Gasteiger partial charge in [0.15, 0.2) is 5.96 Å². The summed E-state index contributed by atoms with van der Waals surface area (Å²) in [5.74, 6) is 0.699. The molecule has 1 aliphatic rings. The van der Waals surface area contributed by atoms with E-state index >= 15 is 0 Å². The molecule has 0 spiro atoms. The molecule has 138 valence electrons. The Morgan fingerprint density at radius 2 is 1.96 bits per heavy atom. The number of aromatic nitrogens is 3. The van der Waals surface area contributed by atoms with E-state index in [4.69, 9.17) is 0 Å². The van der Waals surface area contributed by atoms with Gasteiger partial charge in [0.2, 0.25) is 0 Å². The van der Waals surface area contributed by atoms with E-state index in [2.05, 4.69) is 20.4 Å². The highest BCUT2D eigenvalue weighted by Gasteiger charge is 2.41. The van der Waals surface area contributed by atoms with Crippen molar-refractivity contribution in [2.24, 2.45) is 4.99 Å². The van der Waals surface area contributed by atoms with Gasteiger partial charge in [-0.1, -0.05) is 0 Å². The predicted octanol–water partition coefficient (Wildman–Crippen LogP) is 1.04. The van der Waals surface area contributed by atoms with Gasteiger partial charge in [0.25, 0.3) is 0 Å². The van der Waals surface area contributed by atoms with Crippen molar-refractivity contribution in [2.45, 2.75) is 25.7 Å². The lowest BCUT2D eigenvalue weighted by Gasteiger charge is -2.39. The van der Waals surface area contributed by atoms with Crippen LogP contribution in [0.5, 0.6) is 0 Å². The van der Waals surface area contributed by atoms with E-state index in [1.807, 2.05) is 4.90 Å². The Bertz CT molecular complexity index is 498. The Morgan fingerprint density at radius 1 is 1.29 bits per heavy atom. The highest BCUT2D eigenvalue weighted by molar-refractivity contribution is 14.0. The summed E-state index contributed by atoms with van der Waals surface area (Å²) in [6.07, 6.45) is -1.09. The zero-order valence-electron chi connectivity index (χ0n) is 13.7. The maximum atomic E-state index is 12.8. The van der Waals surface area contributed by atoms with Gasteiger partial charge >= 0.3 is 6.18 Å². The smallest absolute Gasteiger partial charge is 0.354 e. The van der Waals surface area contributed by atoms with Crippen LogP contribution in [0.3, 0.4) is 0 Å². The van der Waals surface area contributed by atoms with Crippen LogP contribution >= 0.6 is 24.0 Å². The number of rotatable bonds is 4. The maximum absolute atomic E-state index is 12.8. The van der Waals surface area contributed by atoms with Crippen LogP contribution in [0.4, 0.5) is 13.2 Å². The first-order valence-electron chi connectivity index (χ1n) is 7.50. The Balaban J connectivity index is 0.00000288. The number of hydrogen-bond donors (Lipinski definition) is 1. The number of hydrogen-bond acceptors (Lipinski definition) is 4. The molecule has 2 rings (SSSR count). The van der Waals surface area contributed by atoms with Gasteiger partial charge in [-0.05, 0) is 6.92 Å². The normalized spacial score (nSPS) is 18.2. The molecule has 2 heterocycles. The van der Waals surface area contributed by atoms with Crippen LogP contribution in [0.15, 0.2) is 17.6 Å². The second kappa shape index (κ2) is 9.39. The Labute approximate surface area is 156 Å². The van der Waals surface area contributed by atoms with Gasteiger partial charge in [-0.25, -0.2) is 4.98 Å². The molecule has 1 unspecified atom stereocenters. The highest BCUT2D eigenvalue weighted by Crippen LogP contribution is 2.25. The van der Waals surface area contributed by atoms with E-state index in [9.17, 15) is 13.2 Å². The van der Waals surface area contributed by atoms with Gasteiger partial charge in [0, 0.05) is 39.8 Å². The fourth-order valence-electron chi connectivity index (χ4n) is 2.49. The summed E-state index contributed by atoms with van der Waals surface area (Å²) < 4.78 is 40.0. The van der Waals surface area contributed by atoms with Crippen LogP contribution in [-0.2, 0) is 6.54 Å². The quantitative estimate of drug-likeness (QED) is 0.413. The zero-order valence-corrected chi connectivity index (χ0v) is 16.0. The molecule has 0 aliphatic carbocycles. The number of halogens is 4. The van der Waals surface area contributed by atoms with E-state index in [0.29, 0.717) is 45.2 Å². The number of alkyl halides is 3. The average Bonchev–Trinajstić information content (AvgIpc) is 3.03. The number of aliphatic imine (C=N–C) groups is 1. The van der Waals surface area contributed by atoms with Crippen molar-refractivity contribution in [1.29, 1.82) is 0 Å². The van der Waals surface area contributed by atoms with Gasteiger partial charge in [0.05, 0.1) is 6.54 Å². The molecule has 1 atom stereocenters. The molecule has 0 bridgehead atoms. The lowest BCUT2D eigenvalue weighted by atomic mass is 10.2. The summed E-state index contributed by atoms with van der Waals surface area (Å²) in [5, 5.41) is 7.20. The molecule has 1 aromatic rings. The largest absolute Gasteiger partial charge is 0.403 e. The molecular formula is C13H23F3IN7. The molecule has 0 aromatic carbocycles. The minimum absolute atomic E-state index is 0. The first-order valence-corrected chi connectivity index (χ1v) is 7.50. The van der Waals surface area contributed by atoms with Crippen molar-refractivity contribution >= 4 is 29.9 Å². The summed E-state index contributed by atoms with van der Waals surface area (Å²) in [6, 6.07) is -1.41. The molecule has 11 heteroatoms. The molecule has 1 aromatic heterocycles. The zero-order chi connectivity index (χ0) is 16.9. The minimum atomic E-state index is -4.18. The van der Waals surface area contributed by atoms with Gasteiger partial charge in [-0.2, -0.15) is 18.3 Å². The molecule has 1 fully saturated rings. The average molecular weight is 461 g/mol. The predicted molar refractivity (Wildman–Crippen MR) is 95.5 cm³/mol. The van der Waals surface area contributed by atoms with E-state index in [1.165, 1.54) is 18.2 Å². The van der Waals surface area contributed by atoms with Gasteiger partial charge in [-0.3, -0.25) is 14.6 Å². The lowest BCUT2D eigenvalue weighted by molar-refractivity contribution is -0.181. The molecule has 0 saturated carbocycles. The van der Waals surface area contributed by atoms with Gasteiger partial charge < -0.3 is 10.2 Å². The Kier molecular flexibility index (Phi) is 8.19. The maximum Gasteiger partial charge on any atom is 0.403 e. The van der Waals surface area contributed by atoms with Crippen molar-refractivity contribution in [2.75, 3.05) is 39.8 Å². The first kappa shape index (κ1) is 20.9. The molecule has 1 saturated heterocycles. The fraction of sp³-hybridized carbons (Fsp3) is 0.769. The van der Waals surface area contributed by atoms with Crippen LogP contribution < -0.4 is 5.32 Å². The van der Waals surface area contributed by atoms with Crippen molar-refractivity contribution in [3.05, 3.63) is 12.7 Å². The Hall–Kier alpha value is -1.11. The summed E-state index contributed by atoms with van der Waals surface area (Å²) in [6.45, 7) is 4.24. The Morgan fingerprint density at radius 3 is 2.46 bits per heavy atom. The van der Waals surface area contributed by atoms with E-state index in [0.717, 1.165) is 0 Å². The van der Waals surface area contributed by atoms with Crippen molar-refractivity contribution in [1.82, 2.24) is 29.9 Å². The second-order valence-electron chi connectivity index (χ2n) is 5.37. The fourth-order valence-corrected chi connectivity index (χ4v) is 2.49. The minimum Gasteiger partial charge on any atom is -0.354 e. The molecule has 1 N–H and O–H groups in total. The highest BCUT2D eigenvalue weighted by atomic mass is 127. The molecule has 1 aliphatic heterocycles. The number of piperazine rings is 1. The van der Waals surface area contributed by atoms with Crippen LogP contribution in [0.2, 0.25) is 0 Å². The standard InChI is InChI=1S/C13H22F3N7.HI/c1-11(13(14,15)16)21-5-7-22(8-6-21)12(17-2)19-3-4-23-10-18-9-20-23;/h9-11H,3-8H2,1-2H3,(H,17,19);1H. The third-order valence-electron chi connectivity index (χ3n) is 3.94.